The summed E-state index contributed by atoms with van der Waals surface area (Å²) in [4.78, 5) is 15.6. The Morgan fingerprint density at radius 1 is 1.25 bits per heavy atom. The number of para-hydroxylation sites is 1. The maximum Gasteiger partial charge on any atom is 0.309 e. The zero-order valence-electron chi connectivity index (χ0n) is 13.5. The van der Waals surface area contributed by atoms with Crippen LogP contribution < -0.4 is 0 Å². The first-order valence-corrected chi connectivity index (χ1v) is 9.47. The van der Waals surface area contributed by atoms with Crippen LogP contribution >= 0.6 is 0 Å². The summed E-state index contributed by atoms with van der Waals surface area (Å²) in [5, 5.41) is 10.2. The van der Waals surface area contributed by atoms with Crippen LogP contribution in [0.3, 0.4) is 0 Å². The van der Waals surface area contributed by atoms with E-state index in [9.17, 15) is 18.3 Å². The summed E-state index contributed by atoms with van der Waals surface area (Å²) in [7, 11) is -3.50. The lowest BCUT2D eigenvalue weighted by molar-refractivity contribution is -0.150. The fourth-order valence-electron chi connectivity index (χ4n) is 3.04. The molecule has 1 N–H and O–H groups in total. The Morgan fingerprint density at radius 3 is 2.58 bits per heavy atom. The predicted octanol–water partition coefficient (Wildman–Crippen LogP) is 2.25. The third kappa shape index (κ3) is 3.14. The molecule has 0 spiro atoms. The molecule has 6 nitrogen and oxygen atoms in total. The SMILES string of the molecule is CC1(C(=O)O)CCN(S(=O)(=O)Cc2cccc3cccnc23)CC1. The first-order chi connectivity index (χ1) is 11.3. The van der Waals surface area contributed by atoms with Gasteiger partial charge in [-0.15, -0.1) is 0 Å². The Bertz CT molecular complexity index is 866. The van der Waals surface area contributed by atoms with Crippen LogP contribution in [0, 0.1) is 5.41 Å². The Kier molecular flexibility index (Phi) is 4.31. The predicted molar refractivity (Wildman–Crippen MR) is 90.9 cm³/mol. The Labute approximate surface area is 141 Å². The molecular weight excluding hydrogens is 328 g/mol. The lowest BCUT2D eigenvalue weighted by atomic mass is 9.81. The van der Waals surface area contributed by atoms with Gasteiger partial charge in [-0.05, 0) is 31.4 Å². The summed E-state index contributed by atoms with van der Waals surface area (Å²) in [5.41, 5.74) is 0.517. The fraction of sp³-hybridized carbons (Fsp3) is 0.412. The maximum atomic E-state index is 12.7. The van der Waals surface area contributed by atoms with E-state index < -0.39 is 21.4 Å². The van der Waals surface area contributed by atoms with Crippen LogP contribution in [0.5, 0.6) is 0 Å². The van der Waals surface area contributed by atoms with E-state index in [4.69, 9.17) is 0 Å². The molecule has 2 aromatic rings. The molecule has 1 aromatic carbocycles. The first-order valence-electron chi connectivity index (χ1n) is 7.86. The first kappa shape index (κ1) is 16.9. The summed E-state index contributed by atoms with van der Waals surface area (Å²) >= 11 is 0. The van der Waals surface area contributed by atoms with Crippen LogP contribution in [-0.4, -0.2) is 41.9 Å². The van der Waals surface area contributed by atoms with Gasteiger partial charge >= 0.3 is 5.97 Å². The average molecular weight is 348 g/mol. The molecule has 0 atom stereocenters. The summed E-state index contributed by atoms with van der Waals surface area (Å²) in [5.74, 6) is -0.983. The molecule has 128 valence electrons. The zero-order chi connectivity index (χ0) is 17.4. The standard InChI is InChI=1S/C17H20N2O4S/c1-17(16(20)21)7-10-19(11-8-17)24(22,23)12-14-5-2-4-13-6-3-9-18-15(13)14/h2-6,9H,7-8,10-12H2,1H3,(H,20,21). The minimum Gasteiger partial charge on any atom is -0.481 e. The van der Waals surface area contributed by atoms with Crippen molar-refractivity contribution in [2.45, 2.75) is 25.5 Å². The fourth-order valence-corrected chi connectivity index (χ4v) is 4.59. The van der Waals surface area contributed by atoms with Gasteiger partial charge in [0.05, 0.1) is 16.7 Å². The molecular formula is C17H20N2O4S. The van der Waals surface area contributed by atoms with Crippen LogP contribution in [0.25, 0.3) is 10.9 Å². The van der Waals surface area contributed by atoms with Gasteiger partial charge in [-0.1, -0.05) is 24.3 Å². The highest BCUT2D eigenvalue weighted by molar-refractivity contribution is 7.88. The van der Waals surface area contributed by atoms with Crippen molar-refractivity contribution in [1.82, 2.24) is 9.29 Å². The second-order valence-corrected chi connectivity index (χ2v) is 8.48. The third-order valence-corrected chi connectivity index (χ3v) is 6.62. The number of carboxylic acid groups (broad SMARTS) is 1. The molecule has 1 aromatic heterocycles. The van der Waals surface area contributed by atoms with Gasteiger partial charge in [0.15, 0.2) is 0 Å². The number of rotatable bonds is 4. The van der Waals surface area contributed by atoms with E-state index in [1.807, 2.05) is 24.3 Å². The number of nitrogens with zero attached hydrogens (tertiary/aromatic N) is 2. The van der Waals surface area contributed by atoms with Crippen LogP contribution in [0.1, 0.15) is 25.3 Å². The monoisotopic (exact) mass is 348 g/mol. The quantitative estimate of drug-likeness (QED) is 0.915. The van der Waals surface area contributed by atoms with Gasteiger partial charge in [0.2, 0.25) is 10.0 Å². The normalized spacial score (nSPS) is 18.5. The lowest BCUT2D eigenvalue weighted by Crippen LogP contribution is -2.45. The zero-order valence-corrected chi connectivity index (χ0v) is 14.3. The molecule has 1 aliphatic rings. The van der Waals surface area contributed by atoms with E-state index in [1.165, 1.54) is 4.31 Å². The van der Waals surface area contributed by atoms with Gasteiger partial charge in [0, 0.05) is 24.7 Å². The Morgan fingerprint density at radius 2 is 1.92 bits per heavy atom. The minimum atomic E-state index is -3.50. The number of aromatic nitrogens is 1. The van der Waals surface area contributed by atoms with Crippen molar-refractivity contribution in [2.24, 2.45) is 5.41 Å². The Balaban J connectivity index is 1.81. The summed E-state index contributed by atoms with van der Waals surface area (Å²) in [6.45, 7) is 2.15. The molecule has 3 rings (SSSR count). The number of carboxylic acids is 1. The van der Waals surface area contributed by atoms with Gasteiger partial charge < -0.3 is 5.11 Å². The van der Waals surface area contributed by atoms with Gasteiger partial charge in [0.25, 0.3) is 0 Å². The smallest absolute Gasteiger partial charge is 0.309 e. The second-order valence-electron chi connectivity index (χ2n) is 6.51. The number of aliphatic carboxylic acids is 1. The number of piperidine rings is 1. The Hall–Kier alpha value is -1.99. The topological polar surface area (TPSA) is 87.6 Å². The minimum absolute atomic E-state index is 0.120. The molecule has 2 heterocycles. The number of sulfonamides is 1. The van der Waals surface area contributed by atoms with Crippen molar-refractivity contribution < 1.29 is 18.3 Å². The third-order valence-electron chi connectivity index (χ3n) is 4.79. The summed E-state index contributed by atoms with van der Waals surface area (Å²) in [6, 6.07) is 9.22. The van der Waals surface area contributed by atoms with E-state index in [0.717, 1.165) is 5.39 Å². The van der Waals surface area contributed by atoms with Crippen molar-refractivity contribution in [3.8, 4) is 0 Å². The van der Waals surface area contributed by atoms with Crippen molar-refractivity contribution in [3.63, 3.8) is 0 Å². The van der Waals surface area contributed by atoms with Crippen LogP contribution in [0.4, 0.5) is 0 Å². The lowest BCUT2D eigenvalue weighted by Gasteiger charge is -2.35. The molecule has 1 fully saturated rings. The molecule has 0 aliphatic carbocycles. The van der Waals surface area contributed by atoms with Crippen LogP contribution in [0.15, 0.2) is 36.5 Å². The molecule has 1 saturated heterocycles. The highest BCUT2D eigenvalue weighted by atomic mass is 32.2. The number of carbonyl (C=O) groups is 1. The van der Waals surface area contributed by atoms with Crippen LogP contribution in [-0.2, 0) is 20.6 Å². The van der Waals surface area contributed by atoms with E-state index in [1.54, 1.807) is 19.2 Å². The number of fused-ring (bicyclic) bond motifs is 1. The highest BCUT2D eigenvalue weighted by Crippen LogP contribution is 2.33. The number of hydrogen-bond acceptors (Lipinski definition) is 4. The molecule has 0 unspecified atom stereocenters. The summed E-state index contributed by atoms with van der Waals surface area (Å²) in [6.07, 6.45) is 2.31. The van der Waals surface area contributed by atoms with E-state index in [2.05, 4.69) is 4.98 Å². The molecule has 0 radical (unpaired) electrons. The molecule has 0 saturated carbocycles. The highest BCUT2D eigenvalue weighted by Gasteiger charge is 2.39. The molecule has 24 heavy (non-hydrogen) atoms. The van der Waals surface area contributed by atoms with E-state index in [0.29, 0.717) is 23.9 Å². The molecule has 0 bridgehead atoms. The average Bonchev–Trinajstić information content (AvgIpc) is 2.55. The van der Waals surface area contributed by atoms with E-state index in [-0.39, 0.29) is 18.8 Å². The van der Waals surface area contributed by atoms with Crippen molar-refractivity contribution in [2.75, 3.05) is 13.1 Å². The van der Waals surface area contributed by atoms with Crippen molar-refractivity contribution in [1.29, 1.82) is 0 Å². The second kappa shape index (κ2) is 6.14. The van der Waals surface area contributed by atoms with Gasteiger partial charge in [0.1, 0.15) is 0 Å². The summed E-state index contributed by atoms with van der Waals surface area (Å²) < 4.78 is 26.9. The van der Waals surface area contributed by atoms with Crippen LogP contribution in [0.2, 0.25) is 0 Å². The van der Waals surface area contributed by atoms with Gasteiger partial charge in [-0.2, -0.15) is 0 Å². The van der Waals surface area contributed by atoms with Gasteiger partial charge in [-0.3, -0.25) is 9.78 Å². The van der Waals surface area contributed by atoms with E-state index >= 15 is 0 Å². The largest absolute Gasteiger partial charge is 0.481 e. The number of pyridine rings is 1. The van der Waals surface area contributed by atoms with Crippen molar-refractivity contribution in [3.05, 3.63) is 42.1 Å². The molecule has 1 aliphatic heterocycles. The van der Waals surface area contributed by atoms with Crippen molar-refractivity contribution >= 4 is 26.9 Å². The molecule has 7 heteroatoms. The molecule has 0 amide bonds. The number of benzene rings is 1. The maximum absolute atomic E-state index is 12.7. The number of hydrogen-bond donors (Lipinski definition) is 1. The van der Waals surface area contributed by atoms with Gasteiger partial charge in [-0.25, -0.2) is 12.7 Å².